The van der Waals surface area contributed by atoms with Crippen molar-refractivity contribution in [2.75, 3.05) is 4.72 Å². The van der Waals surface area contributed by atoms with Gasteiger partial charge in [-0.1, -0.05) is 29.8 Å². The number of hydrogen-bond donors (Lipinski definition) is 1. The Labute approximate surface area is 191 Å². The molecule has 162 valence electrons. The Kier molecular flexibility index (Phi) is 5.27. The number of aromatic nitrogens is 4. The number of hydrogen-bond acceptors (Lipinski definition) is 5. The summed E-state index contributed by atoms with van der Waals surface area (Å²) in [5, 5.41) is 0. The van der Waals surface area contributed by atoms with Crippen molar-refractivity contribution in [1.29, 1.82) is 0 Å². The Morgan fingerprint density at radius 2 is 1.36 bits per heavy atom. The van der Waals surface area contributed by atoms with E-state index in [4.69, 9.17) is 4.98 Å². The third-order valence-electron chi connectivity index (χ3n) is 5.20. The van der Waals surface area contributed by atoms with Gasteiger partial charge in [-0.3, -0.25) is 9.71 Å². The summed E-state index contributed by atoms with van der Waals surface area (Å²) in [4.78, 5) is 13.5. The first-order chi connectivity index (χ1) is 16.0. The molecule has 0 saturated heterocycles. The monoisotopic (exact) mass is 454 g/mol. The Hall–Kier alpha value is -4.17. The molecule has 2 aromatic carbocycles. The van der Waals surface area contributed by atoms with Gasteiger partial charge in [-0.05, 0) is 71.6 Å². The number of para-hydroxylation sites is 2. The second-order valence-corrected chi connectivity index (χ2v) is 9.22. The summed E-state index contributed by atoms with van der Waals surface area (Å²) in [7, 11) is -3.85. The molecule has 33 heavy (non-hydrogen) atoms. The number of anilines is 1. The van der Waals surface area contributed by atoms with Crippen molar-refractivity contribution < 1.29 is 13.0 Å². The second-order valence-electron chi connectivity index (χ2n) is 7.53. The van der Waals surface area contributed by atoms with Crippen molar-refractivity contribution in [2.45, 2.75) is 11.8 Å². The molecular weight excluding hydrogens is 434 g/mol. The van der Waals surface area contributed by atoms with Crippen molar-refractivity contribution in [3.63, 3.8) is 0 Å². The van der Waals surface area contributed by atoms with E-state index in [1.807, 2.05) is 61.8 Å². The summed E-state index contributed by atoms with van der Waals surface area (Å²) in [5.41, 5.74) is 4.27. The van der Waals surface area contributed by atoms with Crippen molar-refractivity contribution in [3.05, 3.63) is 103 Å². The van der Waals surface area contributed by atoms with Gasteiger partial charge in [-0.2, -0.15) is 0 Å². The number of benzene rings is 2. The molecule has 0 fully saturated rings. The van der Waals surface area contributed by atoms with Crippen LogP contribution in [0.1, 0.15) is 5.56 Å². The summed E-state index contributed by atoms with van der Waals surface area (Å²) < 4.78 is 30.5. The lowest BCUT2D eigenvalue weighted by molar-refractivity contribution is -0.598. The molecule has 7 nitrogen and oxygen atoms in total. The highest BCUT2D eigenvalue weighted by Crippen LogP contribution is 2.22. The number of aryl methyl sites for hydroxylation is 1. The van der Waals surface area contributed by atoms with Gasteiger partial charge in [0.1, 0.15) is 5.52 Å². The first-order valence-corrected chi connectivity index (χ1v) is 11.8. The van der Waals surface area contributed by atoms with Crippen molar-refractivity contribution in [3.8, 4) is 16.9 Å². The number of rotatable bonds is 5. The molecule has 0 unspecified atom stereocenters. The van der Waals surface area contributed by atoms with E-state index >= 15 is 0 Å². The van der Waals surface area contributed by atoms with E-state index in [9.17, 15) is 8.42 Å². The quantitative estimate of drug-likeness (QED) is 0.404. The molecule has 0 atom stereocenters. The highest BCUT2D eigenvalue weighted by atomic mass is 32.2. The Morgan fingerprint density at radius 3 is 2.03 bits per heavy atom. The Morgan fingerprint density at radius 1 is 0.758 bits per heavy atom. The predicted octanol–water partition coefficient (Wildman–Crippen LogP) is 4.08. The van der Waals surface area contributed by atoms with E-state index in [1.165, 1.54) is 0 Å². The second kappa shape index (κ2) is 8.40. The smallest absolute Gasteiger partial charge is 0.265 e. The molecule has 8 heteroatoms. The van der Waals surface area contributed by atoms with Crippen LogP contribution in [0.25, 0.3) is 28.0 Å². The molecular formula is C25H20N5O2S+. The molecule has 0 bridgehead atoms. The molecule has 0 saturated carbocycles. The highest BCUT2D eigenvalue weighted by Gasteiger charge is 2.24. The van der Waals surface area contributed by atoms with Gasteiger partial charge < -0.3 is 0 Å². The zero-order chi connectivity index (χ0) is 22.8. The zero-order valence-electron chi connectivity index (χ0n) is 17.8. The van der Waals surface area contributed by atoms with Crippen molar-refractivity contribution in [1.82, 2.24) is 15.0 Å². The van der Waals surface area contributed by atoms with Gasteiger partial charge in [0.05, 0.1) is 17.3 Å². The van der Waals surface area contributed by atoms with Crippen LogP contribution < -0.4 is 9.29 Å². The summed E-state index contributed by atoms with van der Waals surface area (Å²) >= 11 is 0. The minimum Gasteiger partial charge on any atom is -0.265 e. The van der Waals surface area contributed by atoms with Crippen LogP contribution in [0.5, 0.6) is 0 Å². The molecule has 1 N–H and O–H groups in total. The molecule has 0 radical (unpaired) electrons. The molecule has 0 aliphatic rings. The van der Waals surface area contributed by atoms with Gasteiger partial charge in [0, 0.05) is 12.4 Å². The lowest BCUT2D eigenvalue weighted by Gasteiger charge is -2.09. The molecule has 0 aliphatic heterocycles. The van der Waals surface area contributed by atoms with Crippen LogP contribution in [0.4, 0.5) is 5.82 Å². The van der Waals surface area contributed by atoms with E-state index in [0.717, 1.165) is 16.7 Å². The van der Waals surface area contributed by atoms with Gasteiger partial charge in [-0.15, -0.1) is 0 Å². The summed E-state index contributed by atoms with van der Waals surface area (Å²) in [6, 6.07) is 21.7. The fourth-order valence-electron chi connectivity index (χ4n) is 3.45. The number of nitrogens with one attached hydrogen (secondary N) is 1. The number of nitrogens with zero attached hydrogens (tertiary/aromatic N) is 4. The first kappa shape index (κ1) is 20.7. The molecule has 0 aliphatic carbocycles. The Bertz CT molecular complexity index is 1540. The average Bonchev–Trinajstić information content (AvgIpc) is 2.84. The van der Waals surface area contributed by atoms with Crippen molar-refractivity contribution >= 4 is 26.9 Å². The minimum absolute atomic E-state index is 0.149. The fraction of sp³-hybridized carbons (Fsp3) is 0.0400. The lowest BCUT2D eigenvalue weighted by Crippen LogP contribution is -2.33. The van der Waals surface area contributed by atoms with Crippen LogP contribution in [0.15, 0.2) is 102 Å². The van der Waals surface area contributed by atoms with Gasteiger partial charge in [0.2, 0.25) is 11.3 Å². The topological polar surface area (TPSA) is 88.7 Å². The maximum Gasteiger partial charge on any atom is 0.372 e. The van der Waals surface area contributed by atoms with Crippen LogP contribution in [0.3, 0.4) is 0 Å². The predicted molar refractivity (Wildman–Crippen MR) is 126 cm³/mol. The lowest BCUT2D eigenvalue weighted by atomic mass is 10.1. The van der Waals surface area contributed by atoms with Gasteiger partial charge in [-0.25, -0.2) is 18.0 Å². The Balaban J connectivity index is 1.59. The third kappa shape index (κ3) is 4.28. The van der Waals surface area contributed by atoms with E-state index in [1.54, 1.807) is 47.3 Å². The summed E-state index contributed by atoms with van der Waals surface area (Å²) in [6.45, 7) is 1.91. The van der Waals surface area contributed by atoms with Crippen LogP contribution in [-0.2, 0) is 10.0 Å². The van der Waals surface area contributed by atoms with E-state index in [-0.39, 0.29) is 10.7 Å². The molecule has 5 aromatic rings. The minimum atomic E-state index is -3.85. The van der Waals surface area contributed by atoms with E-state index < -0.39 is 10.0 Å². The van der Waals surface area contributed by atoms with Crippen LogP contribution in [-0.4, -0.2) is 23.4 Å². The van der Waals surface area contributed by atoms with Gasteiger partial charge >= 0.3 is 5.82 Å². The van der Waals surface area contributed by atoms with Crippen LogP contribution in [0.2, 0.25) is 0 Å². The number of pyridine rings is 2. The summed E-state index contributed by atoms with van der Waals surface area (Å²) in [6.07, 6.45) is 7.14. The first-order valence-electron chi connectivity index (χ1n) is 10.3. The molecule has 0 spiro atoms. The van der Waals surface area contributed by atoms with E-state index in [2.05, 4.69) is 14.7 Å². The third-order valence-corrected chi connectivity index (χ3v) is 6.56. The SMILES string of the molecule is Cc1ccc(S(=O)(=O)Nc2nc3ccccc3nc2-[n+]2ccc(-c3ccncc3)cc2)cc1. The largest absolute Gasteiger partial charge is 0.372 e. The van der Waals surface area contributed by atoms with E-state index in [0.29, 0.717) is 16.9 Å². The molecule has 3 aromatic heterocycles. The maximum atomic E-state index is 13.1. The standard InChI is InChI=1S/C25H20N5O2S/c1-18-6-8-21(9-7-18)33(31,32)29-24-25(28-23-5-3-2-4-22(23)27-24)30-16-12-20(13-17-30)19-10-14-26-15-11-19/h2-17H,1H3,(H,27,29)/q+1. The molecule has 0 amide bonds. The molecule has 3 heterocycles. The average molecular weight is 455 g/mol. The number of sulfonamides is 1. The fourth-order valence-corrected chi connectivity index (χ4v) is 4.45. The highest BCUT2D eigenvalue weighted by molar-refractivity contribution is 7.92. The summed E-state index contributed by atoms with van der Waals surface area (Å²) in [5.74, 6) is 0.529. The normalized spacial score (nSPS) is 11.4. The van der Waals surface area contributed by atoms with Crippen LogP contribution >= 0.6 is 0 Å². The van der Waals surface area contributed by atoms with Crippen LogP contribution in [0, 0.1) is 6.92 Å². The maximum absolute atomic E-state index is 13.1. The van der Waals surface area contributed by atoms with Crippen molar-refractivity contribution in [2.24, 2.45) is 0 Å². The van der Waals surface area contributed by atoms with Gasteiger partial charge in [0.25, 0.3) is 10.0 Å². The number of fused-ring (bicyclic) bond motifs is 1. The van der Waals surface area contributed by atoms with Gasteiger partial charge in [0.15, 0.2) is 0 Å². The molecule has 5 rings (SSSR count). The zero-order valence-corrected chi connectivity index (χ0v) is 18.6.